The molecular formula is C10H15FN3O12P3. The fourth-order valence-electron chi connectivity index (χ4n) is 2.18. The van der Waals surface area contributed by atoms with Crippen LogP contribution in [-0.4, -0.2) is 52.6 Å². The molecule has 6 atom stereocenters. The zero-order valence-electron chi connectivity index (χ0n) is 13.9. The van der Waals surface area contributed by atoms with E-state index in [2.05, 4.69) is 13.6 Å². The van der Waals surface area contributed by atoms with Gasteiger partial charge in [-0.05, 0) is 12.1 Å². The monoisotopic (exact) mass is 481 g/mol. The summed E-state index contributed by atoms with van der Waals surface area (Å²) in [5.74, 6) is 0.0484. The molecule has 0 amide bonds. The first-order valence-electron chi connectivity index (χ1n) is 7.25. The van der Waals surface area contributed by atoms with Gasteiger partial charge in [-0.25, -0.2) is 22.6 Å². The van der Waals surface area contributed by atoms with Gasteiger partial charge in [-0.1, -0.05) is 0 Å². The number of nitrogens with zero attached hydrogens (tertiary/aromatic N) is 2. The van der Waals surface area contributed by atoms with Crippen molar-refractivity contribution in [2.24, 2.45) is 0 Å². The van der Waals surface area contributed by atoms with Crippen LogP contribution in [0.15, 0.2) is 29.0 Å². The third-order valence-electron chi connectivity index (χ3n) is 3.25. The molecule has 1 saturated heterocycles. The quantitative estimate of drug-likeness (QED) is 0.265. The molecule has 0 saturated carbocycles. The first-order chi connectivity index (χ1) is 13.1. The van der Waals surface area contributed by atoms with E-state index in [0.29, 0.717) is 10.6 Å². The van der Waals surface area contributed by atoms with Crippen LogP contribution in [0.3, 0.4) is 0 Å². The Kier molecular flexibility index (Phi) is 7.00. The van der Waals surface area contributed by atoms with Gasteiger partial charge in [0.25, 0.3) is 0 Å². The lowest BCUT2D eigenvalue weighted by Crippen LogP contribution is -2.33. The molecule has 0 aliphatic carbocycles. The minimum Gasteiger partial charge on any atom is -0.387 e. The second-order valence-electron chi connectivity index (χ2n) is 5.50. The van der Waals surface area contributed by atoms with Gasteiger partial charge in [-0.15, -0.1) is 0 Å². The molecule has 19 heteroatoms. The fraction of sp³-hybridized carbons (Fsp3) is 0.400. The molecule has 3 unspecified atom stereocenters. The molecule has 29 heavy (non-hydrogen) atoms. The van der Waals surface area contributed by atoms with Gasteiger partial charge in [0.05, 0.1) is 0 Å². The van der Waals surface area contributed by atoms with E-state index in [1.54, 1.807) is 0 Å². The summed E-state index contributed by atoms with van der Waals surface area (Å²) >= 11 is 0. The lowest BCUT2D eigenvalue weighted by atomic mass is 10.1. The summed E-state index contributed by atoms with van der Waals surface area (Å²) in [6.45, 7) is 0. The molecule has 1 aliphatic rings. The van der Waals surface area contributed by atoms with Gasteiger partial charge in [0, 0.05) is 12.0 Å². The van der Waals surface area contributed by atoms with Gasteiger partial charge in [0.2, 0.25) is 0 Å². The summed E-state index contributed by atoms with van der Waals surface area (Å²) in [6.07, 6.45) is -5.79. The Balaban J connectivity index is 2.15. The van der Waals surface area contributed by atoms with E-state index in [1.807, 2.05) is 0 Å². The molecule has 0 bridgehead atoms. The smallest absolute Gasteiger partial charge is 0.387 e. The third-order valence-corrected chi connectivity index (χ3v) is 7.24. The normalized spacial score (nSPS) is 29.6. The van der Waals surface area contributed by atoms with E-state index in [-0.39, 0.29) is 11.6 Å². The maximum absolute atomic E-state index is 14.3. The van der Waals surface area contributed by atoms with Crippen molar-refractivity contribution in [1.29, 1.82) is 0 Å². The van der Waals surface area contributed by atoms with Crippen LogP contribution in [0.4, 0.5) is 10.2 Å². The highest BCUT2D eigenvalue weighted by molar-refractivity contribution is 7.69. The first-order valence-corrected chi connectivity index (χ1v) is 11.9. The van der Waals surface area contributed by atoms with Gasteiger partial charge < -0.3 is 35.2 Å². The van der Waals surface area contributed by atoms with Crippen LogP contribution >= 0.6 is 23.2 Å². The molecule has 2 heterocycles. The number of hydrogen-bond donors (Lipinski definition) is 6. The average molecular weight is 481 g/mol. The summed E-state index contributed by atoms with van der Waals surface area (Å²) < 4.78 is 60.8. The summed E-state index contributed by atoms with van der Waals surface area (Å²) in [5.41, 5.74) is 4.31. The second-order valence-corrected chi connectivity index (χ2v) is 10.1. The number of nitrogen functional groups attached to an aromatic ring is 1. The number of alkyl halides is 1. The molecule has 2 rings (SSSR count). The molecule has 0 radical (unpaired) electrons. The number of nitrogens with two attached hydrogens (primary N) is 1. The van der Waals surface area contributed by atoms with Crippen LogP contribution < -0.4 is 11.4 Å². The minimum absolute atomic E-state index is 0.152. The van der Waals surface area contributed by atoms with Crippen LogP contribution in [0, 0.1) is 0 Å². The van der Waals surface area contributed by atoms with Gasteiger partial charge in [-0.3, -0.25) is 9.13 Å². The number of aromatic nitrogens is 2. The number of halogens is 1. The third kappa shape index (κ3) is 6.60. The topological polar surface area (TPSA) is 241 Å². The lowest BCUT2D eigenvalue weighted by molar-refractivity contribution is -0.00685. The van der Waals surface area contributed by atoms with E-state index in [1.165, 1.54) is 0 Å². The number of phosphoric acid groups is 2. The van der Waals surface area contributed by atoms with E-state index >= 15 is 0 Å². The SMILES string of the molecule is Nc1ccn(C2O[C@H](/C=C/P(=O)(O)OP(=O)(O)OP(=O)(O)O)[C@@H](O)[C@H]2F)c(=O)n1. The van der Waals surface area contributed by atoms with Crippen LogP contribution in [-0.2, 0) is 27.1 Å². The molecule has 1 fully saturated rings. The van der Waals surface area contributed by atoms with Gasteiger partial charge in [-0.2, -0.15) is 9.29 Å². The van der Waals surface area contributed by atoms with Gasteiger partial charge in [0.1, 0.15) is 18.0 Å². The van der Waals surface area contributed by atoms with Crippen molar-refractivity contribution in [3.8, 4) is 0 Å². The Bertz CT molecular complexity index is 994. The van der Waals surface area contributed by atoms with Crippen molar-refractivity contribution in [3.05, 3.63) is 34.6 Å². The van der Waals surface area contributed by atoms with Crippen molar-refractivity contribution in [2.75, 3.05) is 5.73 Å². The summed E-state index contributed by atoms with van der Waals surface area (Å²) in [6, 6.07) is 1.16. The molecule has 7 N–H and O–H groups in total. The Morgan fingerprint density at radius 3 is 2.41 bits per heavy atom. The van der Waals surface area contributed by atoms with E-state index in [9.17, 15) is 32.9 Å². The zero-order chi connectivity index (χ0) is 22.2. The van der Waals surface area contributed by atoms with Crippen molar-refractivity contribution in [1.82, 2.24) is 9.55 Å². The van der Waals surface area contributed by atoms with E-state index in [4.69, 9.17) is 25.2 Å². The van der Waals surface area contributed by atoms with Crippen molar-refractivity contribution >= 4 is 29.1 Å². The molecule has 1 aromatic heterocycles. The Hall–Kier alpha value is -1.28. The number of aliphatic hydroxyl groups is 1. The number of ether oxygens (including phenoxy) is 1. The van der Waals surface area contributed by atoms with Crippen LogP contribution in [0.1, 0.15) is 6.23 Å². The van der Waals surface area contributed by atoms with Crippen molar-refractivity contribution < 1.29 is 56.1 Å². The Morgan fingerprint density at radius 2 is 1.86 bits per heavy atom. The maximum Gasteiger partial charge on any atom is 0.488 e. The van der Waals surface area contributed by atoms with Crippen molar-refractivity contribution in [3.63, 3.8) is 0 Å². The largest absolute Gasteiger partial charge is 0.488 e. The van der Waals surface area contributed by atoms with Gasteiger partial charge >= 0.3 is 28.9 Å². The standard InChI is InChI=1S/C10H15FN3O12P3/c11-7-8(15)5(24-9(7)14-3-1-6(12)13-10(14)16)2-4-27(17,18)25-29(22,23)26-28(19,20)21/h1-5,7-9,15H,(H,17,18)(H,22,23)(H2,12,13,16)(H2,19,20,21)/b4-2+/t5-,7-,8-,9?/m1/s1. The Morgan fingerprint density at radius 1 is 1.24 bits per heavy atom. The summed E-state index contributed by atoms with van der Waals surface area (Å²) in [5, 5.41) is 9.86. The van der Waals surface area contributed by atoms with E-state index < -0.39 is 53.5 Å². The number of anilines is 1. The van der Waals surface area contributed by atoms with Crippen LogP contribution in [0.25, 0.3) is 0 Å². The predicted octanol–water partition coefficient (Wildman–Crippen LogP) is -0.653. The highest BCUT2D eigenvalue weighted by Gasteiger charge is 2.45. The maximum atomic E-state index is 14.3. The predicted molar refractivity (Wildman–Crippen MR) is 90.7 cm³/mol. The van der Waals surface area contributed by atoms with E-state index in [0.717, 1.165) is 12.3 Å². The average Bonchev–Trinajstić information content (AvgIpc) is 2.78. The Labute approximate surface area is 160 Å². The molecular weight excluding hydrogens is 466 g/mol. The molecule has 1 aliphatic heterocycles. The molecule has 15 nitrogen and oxygen atoms in total. The first kappa shape index (κ1) is 24.0. The highest BCUT2D eigenvalue weighted by atomic mass is 31.3. The number of hydrogen-bond acceptors (Lipinski definition) is 10. The minimum atomic E-state index is -5.67. The van der Waals surface area contributed by atoms with Crippen LogP contribution in [0.5, 0.6) is 0 Å². The second kappa shape index (κ2) is 8.46. The summed E-state index contributed by atoms with van der Waals surface area (Å²) in [7, 11) is -16.4. The fourth-order valence-corrected chi connectivity index (χ4v) is 5.43. The van der Waals surface area contributed by atoms with Gasteiger partial charge in [0.15, 0.2) is 12.4 Å². The number of rotatable bonds is 7. The molecule has 0 spiro atoms. The molecule has 0 aromatic carbocycles. The lowest BCUT2D eigenvalue weighted by Gasteiger charge is -2.15. The number of aliphatic hydroxyl groups excluding tert-OH is 1. The molecule has 164 valence electrons. The van der Waals surface area contributed by atoms with Crippen molar-refractivity contribution in [2.45, 2.75) is 24.6 Å². The zero-order valence-corrected chi connectivity index (χ0v) is 16.6. The highest BCUT2D eigenvalue weighted by Crippen LogP contribution is 2.66. The molecule has 1 aromatic rings. The van der Waals surface area contributed by atoms with Crippen LogP contribution in [0.2, 0.25) is 0 Å². The summed E-state index contributed by atoms with van der Waals surface area (Å²) in [4.78, 5) is 50.6.